The average Bonchev–Trinajstić information content (AvgIpc) is 2.87. The molecule has 1 aromatic carbocycles. The Morgan fingerprint density at radius 1 is 1.24 bits per heavy atom. The predicted octanol–water partition coefficient (Wildman–Crippen LogP) is 2.48. The second-order valence-electron chi connectivity index (χ2n) is 5.04. The fraction of sp³-hybridized carbons (Fsp3) is 0.250. The molecule has 108 valence electrons. The average molecular weight is 282 g/mol. The zero-order valence-electron chi connectivity index (χ0n) is 12.4. The Morgan fingerprint density at radius 3 is 2.71 bits per heavy atom. The van der Waals surface area contributed by atoms with E-state index in [9.17, 15) is 0 Å². The molecule has 5 heteroatoms. The van der Waals surface area contributed by atoms with Crippen LogP contribution in [-0.4, -0.2) is 21.5 Å². The van der Waals surface area contributed by atoms with E-state index in [0.717, 1.165) is 22.7 Å². The van der Waals surface area contributed by atoms with Crippen molar-refractivity contribution >= 4 is 5.78 Å². The monoisotopic (exact) mass is 282 g/mol. The third kappa shape index (κ3) is 2.15. The highest BCUT2D eigenvalue weighted by Gasteiger charge is 2.17. The Morgan fingerprint density at radius 2 is 2.00 bits per heavy atom. The van der Waals surface area contributed by atoms with Crippen molar-refractivity contribution in [3.63, 3.8) is 0 Å². The van der Waals surface area contributed by atoms with Gasteiger partial charge in [0.15, 0.2) is 0 Å². The minimum atomic E-state index is 0.387. The standard InChI is InChI=1S/C16H18N4O/c1-10-7-12(14(21-3)8-11(10)2)15-13(9-17)20-6-4-5-18-16(20)19-15/h4-8H,9,17H2,1-3H3. The maximum atomic E-state index is 5.93. The summed E-state index contributed by atoms with van der Waals surface area (Å²) in [5, 5.41) is 0. The van der Waals surface area contributed by atoms with E-state index in [0.29, 0.717) is 12.3 Å². The van der Waals surface area contributed by atoms with E-state index < -0.39 is 0 Å². The molecule has 0 spiro atoms. The zero-order valence-corrected chi connectivity index (χ0v) is 12.4. The first-order valence-corrected chi connectivity index (χ1v) is 6.83. The van der Waals surface area contributed by atoms with Gasteiger partial charge < -0.3 is 10.5 Å². The SMILES string of the molecule is COc1cc(C)c(C)cc1-c1nc2ncccn2c1CN. The number of nitrogens with two attached hydrogens (primary N) is 1. The fourth-order valence-electron chi connectivity index (χ4n) is 2.49. The molecule has 0 unspecified atom stereocenters. The van der Waals surface area contributed by atoms with Gasteiger partial charge >= 0.3 is 0 Å². The molecule has 0 saturated carbocycles. The van der Waals surface area contributed by atoms with Gasteiger partial charge in [0.1, 0.15) is 5.75 Å². The summed E-state index contributed by atoms with van der Waals surface area (Å²) in [5.41, 5.74) is 11.0. The number of imidazole rings is 1. The van der Waals surface area contributed by atoms with E-state index in [1.807, 2.05) is 22.7 Å². The summed E-state index contributed by atoms with van der Waals surface area (Å²) in [7, 11) is 1.67. The van der Waals surface area contributed by atoms with Crippen molar-refractivity contribution in [3.8, 4) is 17.0 Å². The first-order valence-electron chi connectivity index (χ1n) is 6.83. The van der Waals surface area contributed by atoms with Crippen LogP contribution in [0.5, 0.6) is 5.75 Å². The van der Waals surface area contributed by atoms with Crippen molar-refractivity contribution in [1.82, 2.24) is 14.4 Å². The van der Waals surface area contributed by atoms with Gasteiger partial charge in [0.05, 0.1) is 18.5 Å². The smallest absolute Gasteiger partial charge is 0.234 e. The van der Waals surface area contributed by atoms with E-state index in [-0.39, 0.29) is 0 Å². The third-order valence-electron chi connectivity index (χ3n) is 3.77. The Hall–Kier alpha value is -2.40. The molecule has 0 aliphatic carbocycles. The van der Waals surface area contributed by atoms with Crippen LogP contribution in [0.2, 0.25) is 0 Å². The molecule has 0 amide bonds. The van der Waals surface area contributed by atoms with Crippen molar-refractivity contribution in [2.45, 2.75) is 20.4 Å². The molecule has 0 radical (unpaired) electrons. The lowest BCUT2D eigenvalue weighted by Gasteiger charge is -2.11. The number of fused-ring (bicyclic) bond motifs is 1. The van der Waals surface area contributed by atoms with Gasteiger partial charge in [-0.25, -0.2) is 9.97 Å². The Kier molecular flexibility index (Phi) is 3.35. The van der Waals surface area contributed by atoms with Crippen LogP contribution < -0.4 is 10.5 Å². The highest BCUT2D eigenvalue weighted by molar-refractivity contribution is 5.73. The van der Waals surface area contributed by atoms with Crippen molar-refractivity contribution in [1.29, 1.82) is 0 Å². The molecule has 0 fully saturated rings. The first kappa shape index (κ1) is 13.6. The summed E-state index contributed by atoms with van der Waals surface area (Å²) in [6.45, 7) is 4.53. The van der Waals surface area contributed by atoms with Gasteiger partial charge in [-0.15, -0.1) is 0 Å². The Bertz CT molecular complexity index is 807. The van der Waals surface area contributed by atoms with Crippen LogP contribution in [0.3, 0.4) is 0 Å². The molecule has 3 aromatic rings. The Balaban J connectivity index is 2.32. The molecule has 5 nitrogen and oxygen atoms in total. The molecule has 2 heterocycles. The van der Waals surface area contributed by atoms with Crippen LogP contribution in [0.15, 0.2) is 30.6 Å². The lowest BCUT2D eigenvalue weighted by atomic mass is 10.0. The molecule has 0 bridgehead atoms. The van der Waals surface area contributed by atoms with Gasteiger partial charge in [-0.2, -0.15) is 0 Å². The molecule has 2 aromatic heterocycles. The van der Waals surface area contributed by atoms with Crippen molar-refractivity contribution in [3.05, 3.63) is 47.4 Å². The lowest BCUT2D eigenvalue weighted by molar-refractivity contribution is 0.416. The molecule has 0 atom stereocenters. The number of ether oxygens (including phenoxy) is 1. The number of methoxy groups -OCH3 is 1. The molecule has 0 aliphatic heterocycles. The Labute approximate surface area is 123 Å². The predicted molar refractivity (Wildman–Crippen MR) is 82.3 cm³/mol. The molecular formula is C16H18N4O. The van der Waals surface area contributed by atoms with E-state index in [2.05, 4.69) is 29.9 Å². The summed E-state index contributed by atoms with van der Waals surface area (Å²) in [6, 6.07) is 5.99. The molecule has 0 saturated heterocycles. The van der Waals surface area contributed by atoms with E-state index in [4.69, 9.17) is 10.5 Å². The topological polar surface area (TPSA) is 65.4 Å². The highest BCUT2D eigenvalue weighted by atomic mass is 16.5. The van der Waals surface area contributed by atoms with E-state index in [1.54, 1.807) is 13.3 Å². The number of hydrogen-bond acceptors (Lipinski definition) is 4. The number of hydrogen-bond donors (Lipinski definition) is 1. The third-order valence-corrected chi connectivity index (χ3v) is 3.77. The number of aryl methyl sites for hydroxylation is 2. The molecular weight excluding hydrogens is 264 g/mol. The number of nitrogens with zero attached hydrogens (tertiary/aromatic N) is 3. The van der Waals surface area contributed by atoms with Crippen molar-refractivity contribution < 1.29 is 4.74 Å². The molecule has 0 aliphatic rings. The van der Waals surface area contributed by atoms with Crippen molar-refractivity contribution in [2.75, 3.05) is 7.11 Å². The minimum Gasteiger partial charge on any atom is -0.496 e. The van der Waals surface area contributed by atoms with Gasteiger partial charge in [-0.3, -0.25) is 4.40 Å². The lowest BCUT2D eigenvalue weighted by Crippen LogP contribution is -2.03. The van der Waals surface area contributed by atoms with Gasteiger partial charge in [0, 0.05) is 24.5 Å². The van der Waals surface area contributed by atoms with Crippen LogP contribution in [0.1, 0.15) is 16.8 Å². The van der Waals surface area contributed by atoms with Crippen LogP contribution in [0.25, 0.3) is 17.0 Å². The van der Waals surface area contributed by atoms with Gasteiger partial charge in [-0.1, -0.05) is 0 Å². The normalized spacial score (nSPS) is 11.0. The largest absolute Gasteiger partial charge is 0.496 e. The van der Waals surface area contributed by atoms with Gasteiger partial charge in [0.25, 0.3) is 0 Å². The van der Waals surface area contributed by atoms with E-state index >= 15 is 0 Å². The van der Waals surface area contributed by atoms with Crippen LogP contribution in [-0.2, 0) is 6.54 Å². The highest BCUT2D eigenvalue weighted by Crippen LogP contribution is 2.34. The van der Waals surface area contributed by atoms with Crippen molar-refractivity contribution in [2.24, 2.45) is 5.73 Å². The summed E-state index contributed by atoms with van der Waals surface area (Å²) in [6.07, 6.45) is 3.65. The van der Waals surface area contributed by atoms with Crippen LogP contribution >= 0.6 is 0 Å². The molecule has 21 heavy (non-hydrogen) atoms. The maximum absolute atomic E-state index is 5.93. The first-order chi connectivity index (χ1) is 10.2. The summed E-state index contributed by atoms with van der Waals surface area (Å²) in [5.74, 6) is 1.45. The fourth-order valence-corrected chi connectivity index (χ4v) is 2.49. The van der Waals surface area contributed by atoms with Crippen LogP contribution in [0, 0.1) is 13.8 Å². The number of rotatable bonds is 3. The number of aromatic nitrogens is 3. The number of benzene rings is 1. The summed E-state index contributed by atoms with van der Waals surface area (Å²) in [4.78, 5) is 8.91. The minimum absolute atomic E-state index is 0.387. The summed E-state index contributed by atoms with van der Waals surface area (Å²) < 4.78 is 7.44. The summed E-state index contributed by atoms with van der Waals surface area (Å²) >= 11 is 0. The van der Waals surface area contributed by atoms with Gasteiger partial charge in [-0.05, 0) is 43.2 Å². The van der Waals surface area contributed by atoms with E-state index in [1.165, 1.54) is 11.1 Å². The quantitative estimate of drug-likeness (QED) is 0.801. The second-order valence-corrected chi connectivity index (χ2v) is 5.04. The second kappa shape index (κ2) is 5.18. The van der Waals surface area contributed by atoms with Gasteiger partial charge in [0.2, 0.25) is 5.78 Å². The molecule has 2 N–H and O–H groups in total. The van der Waals surface area contributed by atoms with Crippen LogP contribution in [0.4, 0.5) is 0 Å². The molecule has 3 rings (SSSR count). The zero-order chi connectivity index (χ0) is 15.0. The maximum Gasteiger partial charge on any atom is 0.234 e.